The van der Waals surface area contributed by atoms with Gasteiger partial charge in [-0.2, -0.15) is 0 Å². The number of carboxylic acid groups (broad SMARTS) is 1. The number of rotatable bonds is 3. The lowest BCUT2D eigenvalue weighted by atomic mass is 10.2. The zero-order chi connectivity index (χ0) is 12.4. The largest absolute Gasteiger partial charge is 0.478 e. The van der Waals surface area contributed by atoms with E-state index in [-0.39, 0.29) is 11.7 Å². The van der Waals surface area contributed by atoms with Gasteiger partial charge in [0.05, 0.1) is 11.7 Å². The summed E-state index contributed by atoms with van der Waals surface area (Å²) < 4.78 is 5.47. The first-order valence-electron chi connectivity index (χ1n) is 5.39. The number of carbonyl (C=O) groups is 1. The summed E-state index contributed by atoms with van der Waals surface area (Å²) in [5, 5.41) is 9.89. The van der Waals surface area contributed by atoms with Crippen LogP contribution in [0.15, 0.2) is 23.1 Å². The van der Waals surface area contributed by atoms with E-state index >= 15 is 0 Å². The molecule has 1 fully saturated rings. The van der Waals surface area contributed by atoms with E-state index in [1.54, 1.807) is 23.9 Å². The van der Waals surface area contributed by atoms with Gasteiger partial charge in [0.15, 0.2) is 0 Å². The number of ether oxygens (including phenoxy) is 1. The van der Waals surface area contributed by atoms with Crippen molar-refractivity contribution in [2.24, 2.45) is 0 Å². The zero-order valence-electron chi connectivity index (χ0n) is 9.35. The highest BCUT2D eigenvalue weighted by atomic mass is 35.5. The fraction of sp³-hybridized carbons (Fsp3) is 0.417. The molecule has 2 unspecified atom stereocenters. The van der Waals surface area contributed by atoms with Crippen LogP contribution in [0.25, 0.3) is 0 Å². The molecular weight excluding hydrogens is 260 g/mol. The van der Waals surface area contributed by atoms with E-state index in [4.69, 9.17) is 21.4 Å². The monoisotopic (exact) mass is 272 g/mol. The van der Waals surface area contributed by atoms with Crippen molar-refractivity contribution in [3.05, 3.63) is 28.8 Å². The Balaban J connectivity index is 2.22. The summed E-state index contributed by atoms with van der Waals surface area (Å²) in [7, 11) is 0. The molecule has 1 saturated heterocycles. The van der Waals surface area contributed by atoms with Crippen LogP contribution in [-0.4, -0.2) is 29.0 Å². The van der Waals surface area contributed by atoms with E-state index in [1.165, 1.54) is 6.07 Å². The Morgan fingerprint density at radius 2 is 2.35 bits per heavy atom. The molecule has 5 heteroatoms. The van der Waals surface area contributed by atoms with E-state index in [0.717, 1.165) is 17.9 Å². The van der Waals surface area contributed by atoms with Gasteiger partial charge in [0.2, 0.25) is 0 Å². The van der Waals surface area contributed by atoms with E-state index in [2.05, 4.69) is 0 Å². The highest BCUT2D eigenvalue weighted by Crippen LogP contribution is 2.35. The minimum Gasteiger partial charge on any atom is -0.478 e. The van der Waals surface area contributed by atoms with E-state index < -0.39 is 5.97 Å². The van der Waals surface area contributed by atoms with Crippen LogP contribution in [0.3, 0.4) is 0 Å². The number of halogens is 1. The molecule has 0 saturated carbocycles. The quantitative estimate of drug-likeness (QED) is 0.917. The summed E-state index contributed by atoms with van der Waals surface area (Å²) in [5.74, 6) is -0.943. The molecule has 0 aliphatic carbocycles. The van der Waals surface area contributed by atoms with E-state index in [9.17, 15) is 4.79 Å². The highest BCUT2D eigenvalue weighted by Gasteiger charge is 2.26. The molecule has 1 aliphatic rings. The third kappa shape index (κ3) is 2.94. The molecule has 0 bridgehead atoms. The van der Waals surface area contributed by atoms with Crippen LogP contribution in [-0.2, 0) is 4.74 Å². The van der Waals surface area contributed by atoms with Gasteiger partial charge in [-0.3, -0.25) is 0 Å². The minimum atomic E-state index is -0.943. The number of thioether (sulfide) groups is 1. The average molecular weight is 273 g/mol. The predicted molar refractivity (Wildman–Crippen MR) is 68.1 cm³/mol. The van der Waals surface area contributed by atoms with Crippen molar-refractivity contribution in [1.82, 2.24) is 0 Å². The third-order valence-corrected chi connectivity index (χ3v) is 4.52. The van der Waals surface area contributed by atoms with Crippen molar-refractivity contribution in [2.45, 2.75) is 29.6 Å². The molecule has 17 heavy (non-hydrogen) atoms. The minimum absolute atomic E-state index is 0.164. The SMILES string of the molecule is CC1OCCC1Sc1ccc(Cl)cc1C(=O)O. The Kier molecular flexibility index (Phi) is 3.97. The summed E-state index contributed by atoms with van der Waals surface area (Å²) >= 11 is 7.37. The van der Waals surface area contributed by atoms with Gasteiger partial charge in [-0.25, -0.2) is 4.79 Å². The van der Waals surface area contributed by atoms with Crippen LogP contribution >= 0.6 is 23.4 Å². The Labute approximate surface area is 109 Å². The lowest BCUT2D eigenvalue weighted by Crippen LogP contribution is -2.14. The van der Waals surface area contributed by atoms with Crippen molar-refractivity contribution < 1.29 is 14.6 Å². The molecule has 0 aromatic heterocycles. The summed E-state index contributed by atoms with van der Waals surface area (Å²) in [6, 6.07) is 4.98. The van der Waals surface area contributed by atoms with Gasteiger partial charge in [-0.15, -0.1) is 11.8 Å². The van der Waals surface area contributed by atoms with Gasteiger partial charge in [-0.1, -0.05) is 11.6 Å². The fourth-order valence-electron chi connectivity index (χ4n) is 1.80. The number of carboxylic acids is 1. The van der Waals surface area contributed by atoms with Crippen molar-refractivity contribution >= 4 is 29.3 Å². The van der Waals surface area contributed by atoms with Gasteiger partial charge in [0.1, 0.15) is 0 Å². The number of hydrogen-bond donors (Lipinski definition) is 1. The number of hydrogen-bond acceptors (Lipinski definition) is 3. The van der Waals surface area contributed by atoms with Crippen molar-refractivity contribution in [3.8, 4) is 0 Å². The second-order valence-electron chi connectivity index (χ2n) is 3.97. The topological polar surface area (TPSA) is 46.5 Å². The Morgan fingerprint density at radius 1 is 1.59 bits per heavy atom. The van der Waals surface area contributed by atoms with Crippen LogP contribution in [0.2, 0.25) is 5.02 Å². The van der Waals surface area contributed by atoms with Crippen LogP contribution in [0.5, 0.6) is 0 Å². The van der Waals surface area contributed by atoms with Crippen LogP contribution < -0.4 is 0 Å². The van der Waals surface area contributed by atoms with Gasteiger partial charge in [0, 0.05) is 21.8 Å². The second-order valence-corrected chi connectivity index (χ2v) is 5.68. The first-order valence-corrected chi connectivity index (χ1v) is 6.65. The van der Waals surface area contributed by atoms with E-state index in [0.29, 0.717) is 10.3 Å². The molecule has 1 aromatic carbocycles. The molecule has 1 heterocycles. The third-order valence-electron chi connectivity index (χ3n) is 2.76. The molecular formula is C12H13ClO3S. The van der Waals surface area contributed by atoms with Crippen molar-refractivity contribution in [3.63, 3.8) is 0 Å². The average Bonchev–Trinajstić information content (AvgIpc) is 2.67. The Morgan fingerprint density at radius 3 is 2.94 bits per heavy atom. The molecule has 0 amide bonds. The standard InChI is InChI=1S/C12H13ClO3S/c1-7-10(4-5-16-7)17-11-3-2-8(13)6-9(11)12(14)15/h2-3,6-7,10H,4-5H2,1H3,(H,14,15). The van der Waals surface area contributed by atoms with Crippen LogP contribution in [0, 0.1) is 0 Å². The fourth-order valence-corrected chi connectivity index (χ4v) is 3.20. The Hall–Kier alpha value is -0.710. The first-order chi connectivity index (χ1) is 8.08. The smallest absolute Gasteiger partial charge is 0.336 e. The summed E-state index contributed by atoms with van der Waals surface area (Å²) in [5.41, 5.74) is 0.265. The lowest BCUT2D eigenvalue weighted by molar-refractivity contribution is 0.0693. The van der Waals surface area contributed by atoms with Crippen LogP contribution in [0.1, 0.15) is 23.7 Å². The Bertz CT molecular complexity index is 436. The molecule has 92 valence electrons. The lowest BCUT2D eigenvalue weighted by Gasteiger charge is -2.15. The maximum Gasteiger partial charge on any atom is 0.336 e. The molecule has 1 aromatic rings. The molecule has 0 spiro atoms. The molecule has 1 aliphatic heterocycles. The number of benzene rings is 1. The molecule has 3 nitrogen and oxygen atoms in total. The van der Waals surface area contributed by atoms with Gasteiger partial charge >= 0.3 is 5.97 Å². The molecule has 2 rings (SSSR count). The highest BCUT2D eigenvalue weighted by molar-refractivity contribution is 8.00. The summed E-state index contributed by atoms with van der Waals surface area (Å²) in [6.07, 6.45) is 1.12. The molecule has 1 N–H and O–H groups in total. The van der Waals surface area contributed by atoms with Gasteiger partial charge in [0.25, 0.3) is 0 Å². The maximum atomic E-state index is 11.1. The zero-order valence-corrected chi connectivity index (χ0v) is 10.9. The number of aromatic carboxylic acids is 1. The predicted octanol–water partition coefficient (Wildman–Crippen LogP) is 3.31. The molecule has 0 radical (unpaired) electrons. The molecule has 2 atom stereocenters. The van der Waals surface area contributed by atoms with Crippen molar-refractivity contribution in [1.29, 1.82) is 0 Å². The van der Waals surface area contributed by atoms with Crippen molar-refractivity contribution in [2.75, 3.05) is 6.61 Å². The summed E-state index contributed by atoms with van der Waals surface area (Å²) in [4.78, 5) is 11.9. The van der Waals surface area contributed by atoms with Gasteiger partial charge < -0.3 is 9.84 Å². The summed E-state index contributed by atoms with van der Waals surface area (Å²) in [6.45, 7) is 2.76. The maximum absolute atomic E-state index is 11.1. The first kappa shape index (κ1) is 12.7. The normalized spacial score (nSPS) is 23.9. The van der Waals surface area contributed by atoms with Crippen LogP contribution in [0.4, 0.5) is 0 Å². The van der Waals surface area contributed by atoms with E-state index in [1.807, 2.05) is 6.92 Å². The van der Waals surface area contributed by atoms with Gasteiger partial charge in [-0.05, 0) is 31.5 Å². The second kappa shape index (κ2) is 5.29.